The third-order valence-electron chi connectivity index (χ3n) is 4.19. The van der Waals surface area contributed by atoms with E-state index in [-0.39, 0.29) is 30.2 Å². The standard InChI is InChI=1S/C21H32N6O4S/c1-20(2,3)32-27-25-24-18(26(27)12-11-17(28)29)16(23-19(30)21(4,5)22)14-31-13-15-9-7-6-8-10-15/h6-10,16H,11-14,22H2,1-5H3,(H-,23,28,29,30)/p+1/t16-/m1/s1. The Bertz CT molecular complexity index is 905. The molecule has 0 radical (unpaired) electrons. The van der Waals surface area contributed by atoms with Gasteiger partial charge in [-0.1, -0.05) is 30.3 Å². The van der Waals surface area contributed by atoms with Gasteiger partial charge in [0.1, 0.15) is 17.7 Å². The van der Waals surface area contributed by atoms with Gasteiger partial charge in [0, 0.05) is 20.9 Å². The van der Waals surface area contributed by atoms with Crippen LogP contribution in [-0.4, -0.2) is 48.4 Å². The van der Waals surface area contributed by atoms with Gasteiger partial charge in [0.2, 0.25) is 5.91 Å². The molecule has 0 spiro atoms. The smallest absolute Gasteiger partial charge is 0.326 e. The fourth-order valence-electron chi connectivity index (χ4n) is 2.63. The van der Waals surface area contributed by atoms with Crippen LogP contribution in [0.25, 0.3) is 0 Å². The second-order valence-corrected chi connectivity index (χ2v) is 10.8. The molecule has 32 heavy (non-hydrogen) atoms. The van der Waals surface area contributed by atoms with Gasteiger partial charge < -0.3 is 20.9 Å². The Balaban J connectivity index is 2.32. The Kier molecular flexibility index (Phi) is 8.76. The Morgan fingerprint density at radius 3 is 2.47 bits per heavy atom. The van der Waals surface area contributed by atoms with Gasteiger partial charge >= 0.3 is 11.8 Å². The molecule has 2 aromatic rings. The predicted molar refractivity (Wildman–Crippen MR) is 120 cm³/mol. The first-order chi connectivity index (χ1) is 14.9. The van der Waals surface area contributed by atoms with Gasteiger partial charge in [-0.3, -0.25) is 9.59 Å². The quantitative estimate of drug-likeness (QED) is 0.424. The van der Waals surface area contributed by atoms with Crippen LogP contribution in [0.2, 0.25) is 0 Å². The first kappa shape index (κ1) is 25.8. The topological polar surface area (TPSA) is 136 Å². The number of carboxylic acid groups (broad SMARTS) is 1. The van der Waals surface area contributed by atoms with Crippen molar-refractivity contribution >= 4 is 23.8 Å². The molecule has 1 heterocycles. The first-order valence-electron chi connectivity index (χ1n) is 10.4. The summed E-state index contributed by atoms with van der Waals surface area (Å²) in [6.07, 6.45) is -0.121. The average molecular weight is 466 g/mol. The zero-order valence-electron chi connectivity index (χ0n) is 19.2. The normalized spacial score (nSPS) is 13.1. The number of hydrogen-bond acceptors (Lipinski definition) is 7. The molecule has 1 atom stereocenters. The van der Waals surface area contributed by atoms with Gasteiger partial charge in [0.25, 0.3) is 0 Å². The van der Waals surface area contributed by atoms with Crippen LogP contribution in [0.3, 0.4) is 0 Å². The second-order valence-electron chi connectivity index (χ2n) is 9.02. The molecule has 4 N–H and O–H groups in total. The van der Waals surface area contributed by atoms with E-state index in [9.17, 15) is 14.7 Å². The van der Waals surface area contributed by atoms with Gasteiger partial charge in [-0.2, -0.15) is 0 Å². The maximum absolute atomic E-state index is 12.6. The SMILES string of the molecule is CC(C)(C)Sn1nnc([C@@H](COCc2ccccc2)NC(=O)C(C)(C)N)[n+]1CCC(=O)O. The van der Waals surface area contributed by atoms with E-state index in [1.165, 1.54) is 11.9 Å². The lowest BCUT2D eigenvalue weighted by molar-refractivity contribution is -0.770. The molecule has 0 aliphatic heterocycles. The molecule has 10 nitrogen and oxygen atoms in total. The number of tetrazole rings is 1. The van der Waals surface area contributed by atoms with Crippen molar-refractivity contribution in [1.29, 1.82) is 0 Å². The van der Waals surface area contributed by atoms with Gasteiger partial charge in [0.05, 0.1) is 25.2 Å². The number of aromatic nitrogens is 4. The number of nitrogens with two attached hydrogens (primary N) is 1. The van der Waals surface area contributed by atoms with E-state index in [1.54, 1.807) is 22.7 Å². The number of carbonyl (C=O) groups is 2. The fraction of sp³-hybridized carbons (Fsp3) is 0.571. The fourth-order valence-corrected chi connectivity index (χ4v) is 3.46. The number of benzene rings is 1. The Labute approximate surface area is 192 Å². The first-order valence-corrected chi connectivity index (χ1v) is 11.1. The Morgan fingerprint density at radius 2 is 1.91 bits per heavy atom. The highest BCUT2D eigenvalue weighted by Crippen LogP contribution is 2.23. The number of carbonyl (C=O) groups excluding carboxylic acids is 1. The van der Waals surface area contributed by atoms with Crippen LogP contribution < -0.4 is 15.7 Å². The summed E-state index contributed by atoms with van der Waals surface area (Å²) in [6, 6.07) is 8.98. The van der Waals surface area contributed by atoms with Gasteiger partial charge in [0.15, 0.2) is 5.21 Å². The van der Waals surface area contributed by atoms with E-state index in [0.29, 0.717) is 12.4 Å². The number of ether oxygens (including phenoxy) is 1. The number of carboxylic acids is 1. The lowest BCUT2D eigenvalue weighted by Gasteiger charge is -2.22. The van der Waals surface area contributed by atoms with E-state index in [4.69, 9.17) is 10.5 Å². The predicted octanol–water partition coefficient (Wildman–Crippen LogP) is 1.45. The van der Waals surface area contributed by atoms with Crippen molar-refractivity contribution in [1.82, 2.24) is 19.8 Å². The number of aliphatic carboxylic acids is 1. The maximum Gasteiger partial charge on any atom is 0.326 e. The summed E-state index contributed by atoms with van der Waals surface area (Å²) >= 11 is 1.40. The molecule has 0 saturated heterocycles. The lowest BCUT2D eigenvalue weighted by Crippen LogP contribution is -2.54. The van der Waals surface area contributed by atoms with Crippen LogP contribution in [0.5, 0.6) is 0 Å². The van der Waals surface area contributed by atoms with Crippen molar-refractivity contribution in [3.05, 3.63) is 41.7 Å². The van der Waals surface area contributed by atoms with Crippen molar-refractivity contribution in [2.24, 2.45) is 5.73 Å². The largest absolute Gasteiger partial charge is 0.481 e. The van der Waals surface area contributed by atoms with E-state index in [0.717, 1.165) is 5.56 Å². The molecule has 0 aliphatic carbocycles. The zero-order valence-corrected chi connectivity index (χ0v) is 20.1. The molecule has 0 fully saturated rings. The monoisotopic (exact) mass is 465 g/mol. The van der Waals surface area contributed by atoms with Crippen LogP contribution in [0.1, 0.15) is 58.5 Å². The van der Waals surface area contributed by atoms with Crippen LogP contribution in [0, 0.1) is 0 Å². The molecule has 1 aromatic heterocycles. The van der Waals surface area contributed by atoms with E-state index in [1.807, 2.05) is 51.1 Å². The highest BCUT2D eigenvalue weighted by molar-refractivity contribution is 7.98. The molecule has 176 valence electrons. The summed E-state index contributed by atoms with van der Waals surface area (Å²) in [6.45, 7) is 9.85. The van der Waals surface area contributed by atoms with Crippen molar-refractivity contribution in [2.75, 3.05) is 6.61 Å². The van der Waals surface area contributed by atoms with Gasteiger partial charge in [-0.15, -0.1) is 4.68 Å². The van der Waals surface area contributed by atoms with Crippen LogP contribution in [0.15, 0.2) is 30.3 Å². The molecule has 0 saturated carbocycles. The molecule has 0 aliphatic rings. The summed E-state index contributed by atoms with van der Waals surface area (Å²) in [5.41, 5.74) is 5.84. The Hall–Kier alpha value is -2.50. The van der Waals surface area contributed by atoms with Gasteiger partial charge in [-0.05, 0) is 40.2 Å². The van der Waals surface area contributed by atoms with Crippen LogP contribution in [0.4, 0.5) is 0 Å². The molecule has 11 heteroatoms. The van der Waals surface area contributed by atoms with Crippen molar-refractivity contribution in [2.45, 2.75) is 70.5 Å². The van der Waals surface area contributed by atoms with Crippen LogP contribution >= 0.6 is 11.9 Å². The molecule has 0 unspecified atom stereocenters. The number of nitrogens with zero attached hydrogens (tertiary/aromatic N) is 4. The van der Waals surface area contributed by atoms with Crippen molar-refractivity contribution < 1.29 is 24.1 Å². The third kappa shape index (κ3) is 8.21. The Morgan fingerprint density at radius 1 is 1.25 bits per heavy atom. The molecule has 1 aromatic carbocycles. The minimum Gasteiger partial charge on any atom is -0.481 e. The molecular weight excluding hydrogens is 432 g/mol. The zero-order chi connectivity index (χ0) is 23.9. The van der Waals surface area contributed by atoms with Crippen LogP contribution in [-0.2, 0) is 27.5 Å². The average Bonchev–Trinajstić information content (AvgIpc) is 3.06. The van der Waals surface area contributed by atoms with Gasteiger partial charge in [-0.25, -0.2) is 0 Å². The minimum absolute atomic E-state index is 0.114. The third-order valence-corrected chi connectivity index (χ3v) is 5.17. The summed E-state index contributed by atoms with van der Waals surface area (Å²) in [5, 5.41) is 20.5. The molecule has 2 rings (SSSR count). The summed E-state index contributed by atoms with van der Waals surface area (Å²) < 4.78 is 8.89. The van der Waals surface area contributed by atoms with Crippen molar-refractivity contribution in [3.8, 4) is 0 Å². The molecule has 0 bridgehead atoms. The molecule has 1 amide bonds. The summed E-state index contributed by atoms with van der Waals surface area (Å²) in [4.78, 5) is 23.9. The minimum atomic E-state index is -1.11. The van der Waals surface area contributed by atoms with E-state index in [2.05, 4.69) is 15.6 Å². The highest BCUT2D eigenvalue weighted by Gasteiger charge is 2.35. The van der Waals surface area contributed by atoms with E-state index >= 15 is 0 Å². The number of nitrogens with one attached hydrogen (secondary N) is 1. The number of hydrogen-bond donors (Lipinski definition) is 3. The lowest BCUT2D eigenvalue weighted by atomic mass is 10.1. The number of rotatable bonds is 11. The van der Waals surface area contributed by atoms with E-state index < -0.39 is 17.6 Å². The number of amides is 1. The second kappa shape index (κ2) is 10.9. The molecular formula is C21H33N6O4S+. The summed E-state index contributed by atoms with van der Waals surface area (Å²) in [7, 11) is 0. The van der Waals surface area contributed by atoms with Crippen molar-refractivity contribution in [3.63, 3.8) is 0 Å². The summed E-state index contributed by atoms with van der Waals surface area (Å²) in [5.74, 6) is -0.928. The maximum atomic E-state index is 12.6. The highest BCUT2D eigenvalue weighted by atomic mass is 32.2.